The van der Waals surface area contributed by atoms with Crippen molar-refractivity contribution in [2.75, 3.05) is 5.75 Å². The summed E-state index contributed by atoms with van der Waals surface area (Å²) in [7, 11) is 0. The van der Waals surface area contributed by atoms with E-state index >= 15 is 0 Å². The number of hydrogen-bond acceptors (Lipinski definition) is 2. The Morgan fingerprint density at radius 1 is 0.950 bits per heavy atom. The zero-order valence-electron chi connectivity index (χ0n) is 11.8. The molecule has 2 aromatic rings. The average Bonchev–Trinajstić information content (AvgIpc) is 2.52. The number of nitrogens with one attached hydrogen (secondary N) is 1. The number of aliphatic imine (C=N–C) groups is 1. The highest BCUT2D eigenvalue weighted by atomic mass is 32.2. The topological polar surface area (TPSA) is 24.4 Å². The van der Waals surface area contributed by atoms with Gasteiger partial charge in [0, 0.05) is 6.54 Å². The van der Waals surface area contributed by atoms with Gasteiger partial charge in [-0.05, 0) is 16.9 Å². The first kappa shape index (κ1) is 14.7. The van der Waals surface area contributed by atoms with Crippen LogP contribution in [0.3, 0.4) is 0 Å². The van der Waals surface area contributed by atoms with E-state index in [-0.39, 0.29) is 0 Å². The number of nitrogens with zero attached hydrogens (tertiary/aromatic N) is 1. The Morgan fingerprint density at radius 2 is 1.55 bits per heavy atom. The minimum atomic E-state index is 0.727. The second kappa shape index (κ2) is 8.43. The molecule has 0 fully saturated rings. The molecule has 0 radical (unpaired) electrons. The Bertz CT molecular complexity index is 523. The minimum Gasteiger partial charge on any atom is -0.361 e. The van der Waals surface area contributed by atoms with Gasteiger partial charge in [-0.2, -0.15) is 0 Å². The Balaban J connectivity index is 1.92. The van der Waals surface area contributed by atoms with E-state index in [1.54, 1.807) is 11.8 Å². The fourth-order valence-electron chi connectivity index (χ4n) is 1.81. The fraction of sp³-hybridized carbons (Fsp3) is 0.235. The predicted octanol–water partition coefficient (Wildman–Crippen LogP) is 4.09. The van der Waals surface area contributed by atoms with Gasteiger partial charge >= 0.3 is 0 Å². The molecule has 0 aliphatic rings. The molecule has 0 amide bonds. The first-order chi connectivity index (χ1) is 9.88. The van der Waals surface area contributed by atoms with Crippen molar-refractivity contribution in [1.29, 1.82) is 0 Å². The molecule has 0 bridgehead atoms. The van der Waals surface area contributed by atoms with Crippen LogP contribution in [0.15, 0.2) is 65.7 Å². The quantitative estimate of drug-likeness (QED) is 0.660. The second-order valence-corrected chi connectivity index (χ2v) is 5.63. The van der Waals surface area contributed by atoms with Crippen LogP contribution in [0.4, 0.5) is 0 Å². The van der Waals surface area contributed by atoms with Crippen molar-refractivity contribution >= 4 is 16.9 Å². The molecule has 0 saturated heterocycles. The van der Waals surface area contributed by atoms with Gasteiger partial charge in [-0.15, -0.1) is 0 Å². The highest BCUT2D eigenvalue weighted by molar-refractivity contribution is 8.13. The molecule has 0 atom stereocenters. The fourth-order valence-corrected chi connectivity index (χ4v) is 2.41. The molecule has 0 unspecified atom stereocenters. The van der Waals surface area contributed by atoms with Gasteiger partial charge in [0.05, 0.1) is 6.54 Å². The number of amidine groups is 1. The molecule has 0 aliphatic carbocycles. The van der Waals surface area contributed by atoms with E-state index in [1.165, 1.54) is 11.1 Å². The van der Waals surface area contributed by atoms with Crippen molar-refractivity contribution in [3.63, 3.8) is 0 Å². The predicted molar refractivity (Wildman–Crippen MR) is 89.0 cm³/mol. The van der Waals surface area contributed by atoms with Gasteiger partial charge in [0.15, 0.2) is 5.17 Å². The van der Waals surface area contributed by atoms with Gasteiger partial charge in [0.1, 0.15) is 0 Å². The van der Waals surface area contributed by atoms with E-state index in [1.807, 2.05) is 12.1 Å². The standard InChI is InChI=1S/C17H20N2S/c1-2-20-17(18-13-15-9-5-3-6-10-15)19-14-16-11-7-4-8-12-16/h3-12H,2,13-14H2,1H3,(H,18,19). The van der Waals surface area contributed by atoms with Gasteiger partial charge in [-0.25, -0.2) is 0 Å². The van der Waals surface area contributed by atoms with Crippen molar-refractivity contribution in [1.82, 2.24) is 5.32 Å². The second-order valence-electron chi connectivity index (χ2n) is 4.38. The smallest absolute Gasteiger partial charge is 0.157 e. The Kier molecular flexibility index (Phi) is 6.18. The van der Waals surface area contributed by atoms with Crippen LogP contribution < -0.4 is 5.32 Å². The number of benzene rings is 2. The molecule has 1 N–H and O–H groups in total. The van der Waals surface area contributed by atoms with E-state index < -0.39 is 0 Å². The third-order valence-corrected chi connectivity index (χ3v) is 3.65. The van der Waals surface area contributed by atoms with Gasteiger partial charge in [0.2, 0.25) is 0 Å². The van der Waals surface area contributed by atoms with Crippen molar-refractivity contribution in [3.8, 4) is 0 Å². The lowest BCUT2D eigenvalue weighted by Gasteiger charge is -2.09. The first-order valence-corrected chi connectivity index (χ1v) is 7.86. The number of rotatable bonds is 5. The van der Waals surface area contributed by atoms with Crippen LogP contribution in [0.25, 0.3) is 0 Å². The first-order valence-electron chi connectivity index (χ1n) is 6.87. The van der Waals surface area contributed by atoms with Crippen molar-refractivity contribution in [2.24, 2.45) is 4.99 Å². The Hall–Kier alpha value is -1.74. The largest absolute Gasteiger partial charge is 0.361 e. The maximum atomic E-state index is 4.67. The Labute approximate surface area is 125 Å². The highest BCUT2D eigenvalue weighted by Gasteiger charge is 1.99. The molecular weight excluding hydrogens is 264 g/mol. The third-order valence-electron chi connectivity index (χ3n) is 2.82. The number of hydrogen-bond donors (Lipinski definition) is 1. The summed E-state index contributed by atoms with van der Waals surface area (Å²) in [5.41, 5.74) is 2.51. The summed E-state index contributed by atoms with van der Waals surface area (Å²) in [6.07, 6.45) is 0. The van der Waals surface area contributed by atoms with E-state index in [9.17, 15) is 0 Å². The molecule has 0 aliphatic heterocycles. The molecule has 2 nitrogen and oxygen atoms in total. The molecule has 2 rings (SSSR count). The lowest BCUT2D eigenvalue weighted by atomic mass is 10.2. The zero-order chi connectivity index (χ0) is 14.0. The van der Waals surface area contributed by atoms with Crippen molar-refractivity contribution in [2.45, 2.75) is 20.0 Å². The molecule has 0 spiro atoms. The summed E-state index contributed by atoms with van der Waals surface area (Å²) in [5.74, 6) is 1.02. The van der Waals surface area contributed by atoms with Crippen LogP contribution in [-0.2, 0) is 13.1 Å². The van der Waals surface area contributed by atoms with E-state index in [4.69, 9.17) is 0 Å². The summed E-state index contributed by atoms with van der Waals surface area (Å²) in [5, 5.41) is 4.43. The van der Waals surface area contributed by atoms with Crippen LogP contribution in [0, 0.1) is 0 Å². The van der Waals surface area contributed by atoms with Gasteiger partial charge in [0.25, 0.3) is 0 Å². The molecule has 0 heterocycles. The van der Waals surface area contributed by atoms with E-state index in [2.05, 4.69) is 65.8 Å². The lowest BCUT2D eigenvalue weighted by molar-refractivity contribution is 0.911. The SMILES string of the molecule is CCSC(=NCc1ccccc1)NCc1ccccc1. The van der Waals surface area contributed by atoms with Crippen LogP contribution >= 0.6 is 11.8 Å². The van der Waals surface area contributed by atoms with E-state index in [0.29, 0.717) is 0 Å². The van der Waals surface area contributed by atoms with E-state index in [0.717, 1.165) is 24.0 Å². The summed E-state index contributed by atoms with van der Waals surface area (Å²) in [4.78, 5) is 4.67. The molecule has 2 aromatic carbocycles. The van der Waals surface area contributed by atoms with Crippen LogP contribution in [0.2, 0.25) is 0 Å². The highest BCUT2D eigenvalue weighted by Crippen LogP contribution is 2.07. The average molecular weight is 284 g/mol. The third kappa shape index (κ3) is 5.10. The Morgan fingerprint density at radius 3 is 2.15 bits per heavy atom. The molecular formula is C17H20N2S. The van der Waals surface area contributed by atoms with Gasteiger partial charge < -0.3 is 5.32 Å². The molecule has 104 valence electrons. The maximum absolute atomic E-state index is 4.67. The van der Waals surface area contributed by atoms with Crippen LogP contribution in [0.5, 0.6) is 0 Å². The van der Waals surface area contributed by atoms with Crippen molar-refractivity contribution < 1.29 is 0 Å². The summed E-state index contributed by atoms with van der Waals surface area (Å²) in [6, 6.07) is 20.7. The molecule has 20 heavy (non-hydrogen) atoms. The maximum Gasteiger partial charge on any atom is 0.157 e. The van der Waals surface area contributed by atoms with Crippen LogP contribution in [0.1, 0.15) is 18.1 Å². The molecule has 3 heteroatoms. The zero-order valence-corrected chi connectivity index (χ0v) is 12.6. The monoisotopic (exact) mass is 284 g/mol. The molecule has 0 aromatic heterocycles. The number of thioether (sulfide) groups is 1. The van der Waals surface area contributed by atoms with Gasteiger partial charge in [-0.1, -0.05) is 79.3 Å². The molecule has 0 saturated carbocycles. The lowest BCUT2D eigenvalue weighted by Crippen LogP contribution is -2.20. The van der Waals surface area contributed by atoms with Crippen LogP contribution in [-0.4, -0.2) is 10.9 Å². The minimum absolute atomic E-state index is 0.727. The van der Waals surface area contributed by atoms with Gasteiger partial charge in [-0.3, -0.25) is 4.99 Å². The summed E-state index contributed by atoms with van der Waals surface area (Å²) in [6.45, 7) is 3.69. The normalized spacial score (nSPS) is 11.3. The summed E-state index contributed by atoms with van der Waals surface area (Å²) >= 11 is 1.75. The van der Waals surface area contributed by atoms with Crippen molar-refractivity contribution in [3.05, 3.63) is 71.8 Å². The summed E-state index contributed by atoms with van der Waals surface area (Å²) < 4.78 is 0.